The van der Waals surface area contributed by atoms with Gasteiger partial charge in [-0.1, -0.05) is 42.5 Å². The number of carbonyl (C=O) groups is 1. The molecule has 0 aliphatic carbocycles. The normalized spacial score (nSPS) is 10.7. The minimum Gasteiger partial charge on any atom is -0.478 e. The number of hydrogen-bond acceptors (Lipinski definition) is 3. The quantitative estimate of drug-likeness (QED) is 0.750. The van der Waals surface area contributed by atoms with Crippen LogP contribution in [0.25, 0.3) is 10.9 Å². The standard InChI is InChI=1S/C19H18N2O2/c1-13-12-17(20-11-10-14-6-3-2-4-7-14)15-8-5-9-16(19(22)23)18(15)21-13/h2-9,12H,10-11H2,1H3,(H,20,21)(H,22,23). The van der Waals surface area contributed by atoms with Crippen LogP contribution in [-0.4, -0.2) is 22.6 Å². The molecular formula is C19H18N2O2. The van der Waals surface area contributed by atoms with E-state index >= 15 is 0 Å². The summed E-state index contributed by atoms with van der Waals surface area (Å²) in [5.74, 6) is -0.955. The van der Waals surface area contributed by atoms with Crippen LogP contribution < -0.4 is 5.32 Å². The number of para-hydroxylation sites is 1. The fourth-order valence-electron chi connectivity index (χ4n) is 2.68. The van der Waals surface area contributed by atoms with E-state index in [0.717, 1.165) is 29.7 Å². The van der Waals surface area contributed by atoms with Crippen LogP contribution in [0.5, 0.6) is 0 Å². The Labute approximate surface area is 134 Å². The van der Waals surface area contributed by atoms with Gasteiger partial charge in [0.25, 0.3) is 0 Å². The molecule has 2 aromatic carbocycles. The molecule has 3 aromatic rings. The number of rotatable bonds is 5. The van der Waals surface area contributed by atoms with Crippen molar-refractivity contribution < 1.29 is 9.90 Å². The highest BCUT2D eigenvalue weighted by Crippen LogP contribution is 2.26. The van der Waals surface area contributed by atoms with Crippen LogP contribution in [0.3, 0.4) is 0 Å². The fraction of sp³-hybridized carbons (Fsp3) is 0.158. The van der Waals surface area contributed by atoms with Gasteiger partial charge in [-0.3, -0.25) is 4.98 Å². The average Bonchev–Trinajstić information content (AvgIpc) is 2.55. The van der Waals surface area contributed by atoms with Crippen molar-refractivity contribution in [2.24, 2.45) is 0 Å². The third kappa shape index (κ3) is 3.31. The molecule has 4 heteroatoms. The van der Waals surface area contributed by atoms with Crippen molar-refractivity contribution in [2.45, 2.75) is 13.3 Å². The maximum Gasteiger partial charge on any atom is 0.337 e. The number of aromatic nitrogens is 1. The highest BCUT2D eigenvalue weighted by atomic mass is 16.4. The molecule has 116 valence electrons. The van der Waals surface area contributed by atoms with Crippen LogP contribution in [0.2, 0.25) is 0 Å². The molecule has 0 aliphatic heterocycles. The Bertz CT molecular complexity index is 845. The van der Waals surface area contributed by atoms with Gasteiger partial charge in [-0.05, 0) is 31.0 Å². The Hall–Kier alpha value is -2.88. The summed E-state index contributed by atoms with van der Waals surface area (Å²) in [5, 5.41) is 13.6. The summed E-state index contributed by atoms with van der Waals surface area (Å²) in [6, 6.07) is 17.5. The number of nitrogens with zero attached hydrogens (tertiary/aromatic N) is 1. The number of carboxylic acid groups (broad SMARTS) is 1. The molecule has 2 N–H and O–H groups in total. The Morgan fingerprint density at radius 1 is 1.13 bits per heavy atom. The predicted octanol–water partition coefficient (Wildman–Crippen LogP) is 3.90. The molecule has 0 spiro atoms. The van der Waals surface area contributed by atoms with Gasteiger partial charge in [-0.15, -0.1) is 0 Å². The van der Waals surface area contributed by atoms with Gasteiger partial charge in [0.15, 0.2) is 0 Å². The molecule has 0 atom stereocenters. The minimum atomic E-state index is -0.955. The number of pyridine rings is 1. The summed E-state index contributed by atoms with van der Waals surface area (Å²) in [6.07, 6.45) is 0.905. The van der Waals surface area contributed by atoms with Crippen molar-refractivity contribution >= 4 is 22.6 Å². The maximum atomic E-state index is 11.4. The second kappa shape index (κ2) is 6.48. The molecular weight excluding hydrogens is 288 g/mol. The number of aromatic carboxylic acids is 1. The lowest BCUT2D eigenvalue weighted by Crippen LogP contribution is -2.07. The molecule has 0 unspecified atom stereocenters. The number of fused-ring (bicyclic) bond motifs is 1. The molecule has 23 heavy (non-hydrogen) atoms. The molecule has 1 heterocycles. The Kier molecular flexibility index (Phi) is 4.24. The second-order valence-electron chi connectivity index (χ2n) is 5.48. The number of carboxylic acids is 1. The van der Waals surface area contributed by atoms with Gasteiger partial charge >= 0.3 is 5.97 Å². The Morgan fingerprint density at radius 3 is 2.65 bits per heavy atom. The molecule has 0 radical (unpaired) electrons. The number of hydrogen-bond donors (Lipinski definition) is 2. The lowest BCUT2D eigenvalue weighted by molar-refractivity contribution is 0.0699. The number of nitrogens with one attached hydrogen (secondary N) is 1. The van der Waals surface area contributed by atoms with E-state index in [2.05, 4.69) is 22.4 Å². The van der Waals surface area contributed by atoms with Gasteiger partial charge in [0.05, 0.1) is 11.1 Å². The van der Waals surface area contributed by atoms with Crippen molar-refractivity contribution in [1.82, 2.24) is 4.98 Å². The van der Waals surface area contributed by atoms with Crippen LogP contribution >= 0.6 is 0 Å². The first-order valence-electron chi connectivity index (χ1n) is 7.56. The van der Waals surface area contributed by atoms with Crippen LogP contribution in [-0.2, 0) is 6.42 Å². The van der Waals surface area contributed by atoms with Gasteiger partial charge in [0.1, 0.15) is 0 Å². The summed E-state index contributed by atoms with van der Waals surface area (Å²) in [4.78, 5) is 15.8. The van der Waals surface area contributed by atoms with Gasteiger partial charge in [-0.25, -0.2) is 4.79 Å². The smallest absolute Gasteiger partial charge is 0.337 e. The summed E-state index contributed by atoms with van der Waals surface area (Å²) in [5.41, 5.74) is 3.75. The van der Waals surface area contributed by atoms with Gasteiger partial charge < -0.3 is 10.4 Å². The van der Waals surface area contributed by atoms with E-state index in [1.165, 1.54) is 5.56 Å². The lowest BCUT2D eigenvalue weighted by atomic mass is 10.1. The molecule has 3 rings (SSSR count). The summed E-state index contributed by atoms with van der Waals surface area (Å²) >= 11 is 0. The highest BCUT2D eigenvalue weighted by molar-refractivity contribution is 6.05. The van der Waals surface area contributed by atoms with E-state index in [4.69, 9.17) is 0 Å². The molecule has 1 aromatic heterocycles. The van der Waals surface area contributed by atoms with Crippen LogP contribution in [0, 0.1) is 6.92 Å². The fourth-order valence-corrected chi connectivity index (χ4v) is 2.68. The maximum absolute atomic E-state index is 11.4. The highest BCUT2D eigenvalue weighted by Gasteiger charge is 2.12. The zero-order chi connectivity index (χ0) is 16.2. The Morgan fingerprint density at radius 2 is 1.91 bits per heavy atom. The molecule has 4 nitrogen and oxygen atoms in total. The first-order chi connectivity index (χ1) is 11.1. The van der Waals surface area contributed by atoms with Crippen molar-refractivity contribution in [3.8, 4) is 0 Å². The Balaban J connectivity index is 1.88. The molecule has 0 saturated heterocycles. The second-order valence-corrected chi connectivity index (χ2v) is 5.48. The molecule has 0 bridgehead atoms. The lowest BCUT2D eigenvalue weighted by Gasteiger charge is -2.12. The largest absolute Gasteiger partial charge is 0.478 e. The molecule has 0 fully saturated rings. The topological polar surface area (TPSA) is 62.2 Å². The van der Waals surface area contributed by atoms with Crippen LogP contribution in [0.15, 0.2) is 54.6 Å². The third-order valence-corrected chi connectivity index (χ3v) is 3.77. The molecule has 0 aliphatic rings. The summed E-state index contributed by atoms with van der Waals surface area (Å²) in [6.45, 7) is 2.65. The van der Waals surface area contributed by atoms with E-state index in [1.54, 1.807) is 12.1 Å². The van der Waals surface area contributed by atoms with Crippen LogP contribution in [0.1, 0.15) is 21.6 Å². The van der Waals surface area contributed by atoms with Gasteiger partial charge in [0.2, 0.25) is 0 Å². The van der Waals surface area contributed by atoms with Crippen molar-refractivity contribution in [3.63, 3.8) is 0 Å². The zero-order valence-electron chi connectivity index (χ0n) is 12.9. The third-order valence-electron chi connectivity index (χ3n) is 3.77. The van der Waals surface area contributed by atoms with E-state index in [0.29, 0.717) is 5.52 Å². The summed E-state index contributed by atoms with van der Waals surface area (Å²) < 4.78 is 0. The van der Waals surface area contributed by atoms with Gasteiger partial charge in [0, 0.05) is 23.3 Å². The summed E-state index contributed by atoms with van der Waals surface area (Å²) in [7, 11) is 0. The zero-order valence-corrected chi connectivity index (χ0v) is 12.9. The van der Waals surface area contributed by atoms with Crippen molar-refractivity contribution in [1.29, 1.82) is 0 Å². The average molecular weight is 306 g/mol. The number of benzene rings is 2. The SMILES string of the molecule is Cc1cc(NCCc2ccccc2)c2cccc(C(=O)O)c2n1. The van der Waals surface area contributed by atoms with Crippen LogP contribution in [0.4, 0.5) is 5.69 Å². The van der Waals surface area contributed by atoms with Gasteiger partial charge in [-0.2, -0.15) is 0 Å². The number of anilines is 1. The van der Waals surface area contributed by atoms with Crippen molar-refractivity contribution in [2.75, 3.05) is 11.9 Å². The molecule has 0 amide bonds. The van der Waals surface area contributed by atoms with E-state index in [-0.39, 0.29) is 5.56 Å². The monoisotopic (exact) mass is 306 g/mol. The van der Waals surface area contributed by atoms with E-state index in [9.17, 15) is 9.90 Å². The first kappa shape index (κ1) is 15.0. The van der Waals surface area contributed by atoms with Crippen molar-refractivity contribution in [3.05, 3.63) is 71.4 Å². The van der Waals surface area contributed by atoms with E-state index < -0.39 is 5.97 Å². The minimum absolute atomic E-state index is 0.234. The first-order valence-corrected chi connectivity index (χ1v) is 7.56. The number of aryl methyl sites for hydroxylation is 1. The predicted molar refractivity (Wildman–Crippen MR) is 92.1 cm³/mol. The molecule has 0 saturated carbocycles. The van der Waals surface area contributed by atoms with E-state index in [1.807, 2.05) is 37.3 Å².